The van der Waals surface area contributed by atoms with Gasteiger partial charge in [-0.05, 0) is 35.1 Å². The van der Waals surface area contributed by atoms with Crippen molar-refractivity contribution in [2.75, 3.05) is 13.2 Å². The first kappa shape index (κ1) is 9.97. The second-order valence-corrected chi connectivity index (χ2v) is 4.72. The molecule has 0 amide bonds. The summed E-state index contributed by atoms with van der Waals surface area (Å²) in [5.74, 6) is 2.23. The number of ether oxygens (including phenoxy) is 2. The third-order valence-corrected chi connectivity index (χ3v) is 3.84. The minimum absolute atomic E-state index is 0.263. The normalized spacial score (nSPS) is 31.3. The summed E-state index contributed by atoms with van der Waals surface area (Å²) in [7, 11) is 0. The predicted molar refractivity (Wildman–Crippen MR) is 60.0 cm³/mol. The largest absolute Gasteiger partial charge is 0.486 e. The second kappa shape index (κ2) is 3.39. The van der Waals surface area contributed by atoms with Crippen molar-refractivity contribution in [3.05, 3.63) is 23.3 Å². The van der Waals surface area contributed by atoms with Crippen LogP contribution in [0.15, 0.2) is 12.1 Å². The number of rotatable bonds is 0. The van der Waals surface area contributed by atoms with Crippen molar-refractivity contribution in [3.63, 3.8) is 0 Å². The fourth-order valence-corrected chi connectivity index (χ4v) is 2.61. The summed E-state index contributed by atoms with van der Waals surface area (Å²) >= 11 is 0. The monoisotopic (exact) mass is 220 g/mol. The molecule has 0 saturated heterocycles. The quantitative estimate of drug-likeness (QED) is 0.728. The van der Waals surface area contributed by atoms with E-state index in [1.165, 1.54) is 5.56 Å². The molecule has 1 N–H and O–H groups in total. The molecule has 0 bridgehead atoms. The molecule has 1 aliphatic heterocycles. The Hall–Kier alpha value is -1.22. The van der Waals surface area contributed by atoms with Crippen LogP contribution in [0, 0.1) is 5.92 Å². The Balaban J connectivity index is 2.12. The smallest absolute Gasteiger partial charge is 0.161 e. The Morgan fingerprint density at radius 3 is 2.25 bits per heavy atom. The van der Waals surface area contributed by atoms with Crippen LogP contribution >= 0.6 is 0 Å². The molecule has 1 heterocycles. The van der Waals surface area contributed by atoms with E-state index in [2.05, 4.69) is 13.8 Å². The first-order valence-electron chi connectivity index (χ1n) is 5.80. The van der Waals surface area contributed by atoms with Gasteiger partial charge in [0, 0.05) is 0 Å². The number of hydrogen-bond acceptors (Lipinski definition) is 3. The third-order valence-electron chi connectivity index (χ3n) is 3.84. The Morgan fingerprint density at radius 2 is 1.62 bits per heavy atom. The highest BCUT2D eigenvalue weighted by molar-refractivity contribution is 5.52. The van der Waals surface area contributed by atoms with Gasteiger partial charge in [0.15, 0.2) is 11.5 Å². The molecule has 2 aliphatic rings. The number of hydrogen-bond donors (Lipinski definition) is 1. The van der Waals surface area contributed by atoms with E-state index in [1.807, 2.05) is 12.1 Å². The summed E-state index contributed by atoms with van der Waals surface area (Å²) in [5.41, 5.74) is 2.20. The van der Waals surface area contributed by atoms with Gasteiger partial charge in [0.2, 0.25) is 0 Å². The van der Waals surface area contributed by atoms with Crippen molar-refractivity contribution < 1.29 is 14.6 Å². The lowest BCUT2D eigenvalue weighted by Crippen LogP contribution is -2.15. The van der Waals surface area contributed by atoms with E-state index in [1.54, 1.807) is 0 Å². The van der Waals surface area contributed by atoms with Crippen LogP contribution in [0.2, 0.25) is 0 Å². The summed E-state index contributed by atoms with van der Waals surface area (Å²) in [4.78, 5) is 0. The third kappa shape index (κ3) is 1.24. The van der Waals surface area contributed by atoms with Crippen molar-refractivity contribution >= 4 is 0 Å². The zero-order valence-electron chi connectivity index (χ0n) is 9.56. The lowest BCUT2D eigenvalue weighted by molar-refractivity contribution is 0.122. The molecule has 0 fully saturated rings. The topological polar surface area (TPSA) is 38.7 Å². The first-order chi connectivity index (χ1) is 7.68. The van der Waals surface area contributed by atoms with Gasteiger partial charge in [-0.15, -0.1) is 0 Å². The Kier molecular flexibility index (Phi) is 2.11. The van der Waals surface area contributed by atoms with E-state index in [9.17, 15) is 5.11 Å². The van der Waals surface area contributed by atoms with Crippen molar-refractivity contribution in [2.45, 2.75) is 25.9 Å². The Bertz CT molecular complexity index is 388. The average Bonchev–Trinajstić information content (AvgIpc) is 2.52. The highest BCUT2D eigenvalue weighted by Gasteiger charge is 2.35. The fourth-order valence-electron chi connectivity index (χ4n) is 2.61. The Labute approximate surface area is 95.0 Å². The van der Waals surface area contributed by atoms with Gasteiger partial charge in [-0.1, -0.05) is 13.8 Å². The minimum atomic E-state index is -0.374. The summed E-state index contributed by atoms with van der Waals surface area (Å²) in [6.07, 6.45) is -0.374. The maximum absolute atomic E-state index is 10.1. The van der Waals surface area contributed by atoms with Crippen LogP contribution in [0.1, 0.15) is 37.0 Å². The summed E-state index contributed by atoms with van der Waals surface area (Å²) in [6.45, 7) is 5.43. The van der Waals surface area contributed by atoms with Gasteiger partial charge < -0.3 is 14.6 Å². The molecule has 16 heavy (non-hydrogen) atoms. The molecule has 0 saturated carbocycles. The maximum atomic E-state index is 10.1. The zero-order chi connectivity index (χ0) is 11.3. The van der Waals surface area contributed by atoms with Gasteiger partial charge in [-0.25, -0.2) is 0 Å². The van der Waals surface area contributed by atoms with Gasteiger partial charge >= 0.3 is 0 Å². The molecule has 1 aromatic carbocycles. The van der Waals surface area contributed by atoms with Gasteiger partial charge in [0.25, 0.3) is 0 Å². The molecule has 3 nitrogen and oxygen atoms in total. The predicted octanol–water partition coefficient (Wildman–Crippen LogP) is 2.24. The van der Waals surface area contributed by atoms with Crippen LogP contribution in [0.3, 0.4) is 0 Å². The lowest BCUT2D eigenvalue weighted by Gasteiger charge is -2.20. The van der Waals surface area contributed by atoms with Crippen molar-refractivity contribution in [1.82, 2.24) is 0 Å². The first-order valence-corrected chi connectivity index (χ1v) is 5.80. The van der Waals surface area contributed by atoms with E-state index in [-0.39, 0.29) is 12.0 Å². The van der Waals surface area contributed by atoms with Gasteiger partial charge in [-0.2, -0.15) is 0 Å². The van der Waals surface area contributed by atoms with Gasteiger partial charge in [0.05, 0.1) is 6.10 Å². The van der Waals surface area contributed by atoms with Crippen molar-refractivity contribution in [1.29, 1.82) is 0 Å². The molecule has 3 rings (SSSR count). The molecule has 0 aromatic heterocycles. The van der Waals surface area contributed by atoms with Crippen LogP contribution in [-0.2, 0) is 0 Å². The standard InChI is InChI=1S/C13H16O3/c1-7-8(2)13(14)10-6-12-11(5-9(7)10)15-3-4-16-12/h5-8,13-14H,3-4H2,1-2H3. The minimum Gasteiger partial charge on any atom is -0.486 e. The Morgan fingerprint density at radius 1 is 1.06 bits per heavy atom. The number of aliphatic hydroxyl groups excluding tert-OH is 1. The van der Waals surface area contributed by atoms with Gasteiger partial charge in [-0.3, -0.25) is 0 Å². The SMILES string of the molecule is CC1c2cc3c(cc2C(O)C1C)OCCO3. The highest BCUT2D eigenvalue weighted by Crippen LogP contribution is 2.48. The molecule has 3 unspecified atom stereocenters. The maximum Gasteiger partial charge on any atom is 0.161 e. The number of aliphatic hydroxyl groups is 1. The molecule has 3 atom stereocenters. The van der Waals surface area contributed by atoms with E-state index in [4.69, 9.17) is 9.47 Å². The molecule has 1 aliphatic carbocycles. The van der Waals surface area contributed by atoms with Crippen LogP contribution in [0.5, 0.6) is 11.5 Å². The summed E-state index contributed by atoms with van der Waals surface area (Å²) < 4.78 is 11.1. The van der Waals surface area contributed by atoms with Crippen LogP contribution in [0.4, 0.5) is 0 Å². The summed E-state index contributed by atoms with van der Waals surface area (Å²) in [6, 6.07) is 3.97. The van der Waals surface area contributed by atoms with E-state index < -0.39 is 0 Å². The van der Waals surface area contributed by atoms with Crippen molar-refractivity contribution in [2.24, 2.45) is 5.92 Å². The molecule has 1 aromatic rings. The van der Waals surface area contributed by atoms with E-state index >= 15 is 0 Å². The van der Waals surface area contributed by atoms with Crippen LogP contribution in [-0.4, -0.2) is 18.3 Å². The molecular weight excluding hydrogens is 204 g/mol. The number of benzene rings is 1. The zero-order valence-corrected chi connectivity index (χ0v) is 9.56. The van der Waals surface area contributed by atoms with Gasteiger partial charge in [0.1, 0.15) is 13.2 Å². The molecule has 0 spiro atoms. The highest BCUT2D eigenvalue weighted by atomic mass is 16.6. The van der Waals surface area contributed by atoms with E-state index in [0.717, 1.165) is 17.1 Å². The number of fused-ring (bicyclic) bond motifs is 2. The lowest BCUT2D eigenvalue weighted by atomic mass is 9.95. The average molecular weight is 220 g/mol. The fraction of sp³-hybridized carbons (Fsp3) is 0.538. The molecule has 86 valence electrons. The van der Waals surface area contributed by atoms with E-state index in [0.29, 0.717) is 19.1 Å². The van der Waals surface area contributed by atoms with Crippen LogP contribution in [0.25, 0.3) is 0 Å². The molecular formula is C13H16O3. The van der Waals surface area contributed by atoms with Crippen molar-refractivity contribution in [3.8, 4) is 11.5 Å². The van der Waals surface area contributed by atoms with Crippen LogP contribution < -0.4 is 9.47 Å². The molecule has 0 radical (unpaired) electrons. The summed E-state index contributed by atoms with van der Waals surface area (Å²) in [5, 5.41) is 10.1. The molecule has 3 heteroatoms. The second-order valence-electron chi connectivity index (χ2n) is 4.72.